The number of nitrogens with one attached hydrogen (secondary N) is 2. The molecule has 1 aromatic carbocycles. The summed E-state index contributed by atoms with van der Waals surface area (Å²) >= 11 is 0. The van der Waals surface area contributed by atoms with Crippen LogP contribution in [0.2, 0.25) is 0 Å². The van der Waals surface area contributed by atoms with Gasteiger partial charge in [-0.25, -0.2) is 0 Å². The van der Waals surface area contributed by atoms with E-state index in [1.807, 2.05) is 0 Å². The minimum absolute atomic E-state index is 0.0245. The molecule has 0 bridgehead atoms. The van der Waals surface area contributed by atoms with Crippen molar-refractivity contribution in [3.63, 3.8) is 0 Å². The lowest BCUT2D eigenvalue weighted by Gasteiger charge is -2.06. The van der Waals surface area contributed by atoms with Gasteiger partial charge in [0.1, 0.15) is 5.76 Å². The number of amides is 2. The number of hydrogen-bond acceptors (Lipinski definition) is 6. The van der Waals surface area contributed by atoms with Gasteiger partial charge in [-0.2, -0.15) is 0 Å². The number of nitrogens with zero attached hydrogens (tertiary/aromatic N) is 1. The van der Waals surface area contributed by atoms with Crippen LogP contribution in [0, 0.1) is 6.92 Å². The lowest BCUT2D eigenvalue weighted by Crippen LogP contribution is -2.21. The summed E-state index contributed by atoms with van der Waals surface area (Å²) < 4.78 is 9.71. The molecule has 24 heavy (non-hydrogen) atoms. The number of aryl methyl sites for hydroxylation is 1. The monoisotopic (exact) mass is 331 g/mol. The molecule has 2 rings (SSSR count). The predicted molar refractivity (Wildman–Crippen MR) is 85.3 cm³/mol. The van der Waals surface area contributed by atoms with E-state index >= 15 is 0 Å². The molecule has 8 nitrogen and oxygen atoms in total. The van der Waals surface area contributed by atoms with Gasteiger partial charge in [0.15, 0.2) is 12.4 Å². The molecule has 0 radical (unpaired) electrons. The predicted octanol–water partition coefficient (Wildman–Crippen LogP) is 1.67. The zero-order valence-corrected chi connectivity index (χ0v) is 13.3. The zero-order valence-electron chi connectivity index (χ0n) is 13.3. The van der Waals surface area contributed by atoms with Gasteiger partial charge in [0.05, 0.1) is 6.42 Å². The van der Waals surface area contributed by atoms with Gasteiger partial charge in [-0.05, 0) is 24.6 Å². The van der Waals surface area contributed by atoms with Crippen molar-refractivity contribution >= 4 is 29.3 Å². The lowest BCUT2D eigenvalue weighted by molar-refractivity contribution is -0.146. The number of benzene rings is 1. The van der Waals surface area contributed by atoms with E-state index in [4.69, 9.17) is 9.26 Å². The first kappa shape index (κ1) is 17.2. The van der Waals surface area contributed by atoms with Gasteiger partial charge in [0.25, 0.3) is 5.91 Å². The summed E-state index contributed by atoms with van der Waals surface area (Å²) in [5.41, 5.74) is 1.35. The van der Waals surface area contributed by atoms with Crippen LogP contribution in [0.25, 0.3) is 0 Å². The maximum Gasteiger partial charge on any atom is 0.310 e. The van der Waals surface area contributed by atoms with Crippen LogP contribution >= 0.6 is 0 Å². The summed E-state index contributed by atoms with van der Waals surface area (Å²) in [6, 6.07) is 8.32. The van der Waals surface area contributed by atoms with Crippen LogP contribution in [0.1, 0.15) is 18.2 Å². The van der Waals surface area contributed by atoms with Crippen LogP contribution in [-0.4, -0.2) is 29.5 Å². The third kappa shape index (κ3) is 5.56. The molecule has 2 aromatic rings. The van der Waals surface area contributed by atoms with E-state index in [9.17, 15) is 14.4 Å². The first-order valence-corrected chi connectivity index (χ1v) is 7.17. The average Bonchev–Trinajstić information content (AvgIpc) is 2.92. The van der Waals surface area contributed by atoms with Gasteiger partial charge in [0, 0.05) is 18.7 Å². The highest BCUT2D eigenvalue weighted by Crippen LogP contribution is 2.10. The molecule has 1 heterocycles. The number of carbonyl (C=O) groups excluding carboxylic acids is 3. The largest absolute Gasteiger partial charge is 0.455 e. The number of esters is 1. The number of hydrogen-bond donors (Lipinski definition) is 2. The Balaban J connectivity index is 1.76. The summed E-state index contributed by atoms with van der Waals surface area (Å²) in [5.74, 6) is -0.381. The first-order chi connectivity index (χ1) is 11.4. The van der Waals surface area contributed by atoms with E-state index in [1.54, 1.807) is 37.3 Å². The quantitative estimate of drug-likeness (QED) is 0.779. The van der Waals surface area contributed by atoms with Gasteiger partial charge >= 0.3 is 5.97 Å². The number of anilines is 2. The smallest absolute Gasteiger partial charge is 0.310 e. The van der Waals surface area contributed by atoms with E-state index in [-0.39, 0.29) is 18.1 Å². The molecule has 0 unspecified atom stereocenters. The van der Waals surface area contributed by atoms with Crippen LogP contribution in [0.3, 0.4) is 0 Å². The number of carbonyl (C=O) groups is 3. The van der Waals surface area contributed by atoms with Gasteiger partial charge in [0.2, 0.25) is 5.91 Å². The molecule has 0 atom stereocenters. The summed E-state index contributed by atoms with van der Waals surface area (Å²) in [4.78, 5) is 34.3. The number of ether oxygens (including phenoxy) is 1. The molecule has 0 saturated carbocycles. The molecule has 0 fully saturated rings. The molecule has 8 heteroatoms. The Kier molecular flexibility index (Phi) is 5.67. The van der Waals surface area contributed by atoms with Crippen molar-refractivity contribution in [2.75, 3.05) is 17.2 Å². The Morgan fingerprint density at radius 2 is 1.88 bits per heavy atom. The third-order valence-electron chi connectivity index (χ3n) is 2.88. The molecule has 0 aliphatic carbocycles. The fourth-order valence-electron chi connectivity index (χ4n) is 1.88. The van der Waals surface area contributed by atoms with Crippen molar-refractivity contribution in [3.05, 3.63) is 41.7 Å². The second-order valence-corrected chi connectivity index (χ2v) is 5.09. The lowest BCUT2D eigenvalue weighted by atomic mass is 10.1. The summed E-state index contributed by atoms with van der Waals surface area (Å²) in [5, 5.41) is 8.68. The molecule has 2 N–H and O–H groups in total. The minimum atomic E-state index is -0.534. The fourth-order valence-corrected chi connectivity index (χ4v) is 1.88. The second-order valence-electron chi connectivity index (χ2n) is 5.09. The van der Waals surface area contributed by atoms with E-state index in [2.05, 4.69) is 15.8 Å². The Hall–Kier alpha value is -3.16. The Morgan fingerprint density at radius 3 is 2.46 bits per heavy atom. The molecule has 126 valence electrons. The molecule has 1 aromatic heterocycles. The zero-order chi connectivity index (χ0) is 17.5. The summed E-state index contributed by atoms with van der Waals surface area (Å²) in [7, 11) is 0. The molecule has 2 amide bonds. The van der Waals surface area contributed by atoms with E-state index in [1.165, 1.54) is 6.92 Å². The van der Waals surface area contributed by atoms with E-state index in [0.29, 0.717) is 17.0 Å². The molecule has 0 aliphatic heterocycles. The SMILES string of the molecule is CC(=O)Nc1ccc(CC(=O)OCC(=O)Nc2cc(C)on2)cc1. The van der Waals surface area contributed by atoms with Crippen LogP contribution in [0.15, 0.2) is 34.9 Å². The van der Waals surface area contributed by atoms with Gasteiger partial charge in [-0.3, -0.25) is 14.4 Å². The van der Waals surface area contributed by atoms with Crippen molar-refractivity contribution in [2.24, 2.45) is 0 Å². The van der Waals surface area contributed by atoms with Crippen molar-refractivity contribution in [1.29, 1.82) is 0 Å². The Morgan fingerprint density at radius 1 is 1.17 bits per heavy atom. The highest BCUT2D eigenvalue weighted by Gasteiger charge is 2.10. The number of aromatic nitrogens is 1. The van der Waals surface area contributed by atoms with Crippen LogP contribution in [-0.2, 0) is 25.5 Å². The van der Waals surface area contributed by atoms with Crippen molar-refractivity contribution in [3.8, 4) is 0 Å². The minimum Gasteiger partial charge on any atom is -0.455 e. The Labute approximate surface area is 138 Å². The summed E-state index contributed by atoms with van der Waals surface area (Å²) in [6.07, 6.45) is 0.0245. The van der Waals surface area contributed by atoms with Gasteiger partial charge < -0.3 is 19.9 Å². The standard InChI is InChI=1S/C16H17N3O5/c1-10-7-14(19-24-10)18-15(21)9-23-16(22)8-12-3-5-13(6-4-12)17-11(2)20/h3-7H,8-9H2,1-2H3,(H,17,20)(H,18,19,21). The molecule has 0 saturated heterocycles. The van der Waals surface area contributed by atoms with Gasteiger partial charge in [-0.1, -0.05) is 17.3 Å². The van der Waals surface area contributed by atoms with Crippen LogP contribution in [0.5, 0.6) is 0 Å². The highest BCUT2D eigenvalue weighted by molar-refractivity contribution is 5.92. The average molecular weight is 331 g/mol. The molecule has 0 aliphatic rings. The molecular formula is C16H17N3O5. The maximum atomic E-state index is 11.7. The second kappa shape index (κ2) is 7.91. The fraction of sp³-hybridized carbons (Fsp3) is 0.250. The van der Waals surface area contributed by atoms with Crippen molar-refractivity contribution < 1.29 is 23.6 Å². The Bertz CT molecular complexity index is 736. The molecule has 0 spiro atoms. The van der Waals surface area contributed by atoms with Crippen LogP contribution in [0.4, 0.5) is 11.5 Å². The molecular weight excluding hydrogens is 314 g/mol. The topological polar surface area (TPSA) is 111 Å². The maximum absolute atomic E-state index is 11.7. The van der Waals surface area contributed by atoms with Crippen molar-refractivity contribution in [1.82, 2.24) is 5.16 Å². The van der Waals surface area contributed by atoms with Gasteiger partial charge in [-0.15, -0.1) is 0 Å². The van der Waals surface area contributed by atoms with E-state index < -0.39 is 18.5 Å². The number of rotatable bonds is 6. The normalized spacial score (nSPS) is 10.1. The third-order valence-corrected chi connectivity index (χ3v) is 2.88. The first-order valence-electron chi connectivity index (χ1n) is 7.17. The van der Waals surface area contributed by atoms with E-state index in [0.717, 1.165) is 0 Å². The van der Waals surface area contributed by atoms with Crippen LogP contribution < -0.4 is 10.6 Å². The van der Waals surface area contributed by atoms with Crippen molar-refractivity contribution in [2.45, 2.75) is 20.3 Å². The highest BCUT2D eigenvalue weighted by atomic mass is 16.5. The summed E-state index contributed by atoms with van der Waals surface area (Å²) in [6.45, 7) is 2.70.